The molecule has 1 aliphatic heterocycles. The monoisotopic (exact) mass is 457 g/mol. The smallest absolute Gasteiger partial charge is 0.312 e. The van der Waals surface area contributed by atoms with E-state index in [0.29, 0.717) is 29.4 Å². The van der Waals surface area contributed by atoms with Gasteiger partial charge in [0.05, 0.1) is 11.5 Å². The molecule has 0 radical (unpaired) electrons. The van der Waals surface area contributed by atoms with Crippen LogP contribution in [0.15, 0.2) is 54.7 Å². The van der Waals surface area contributed by atoms with E-state index in [1.54, 1.807) is 18.5 Å². The summed E-state index contributed by atoms with van der Waals surface area (Å²) in [6, 6.07) is 15.8. The lowest BCUT2D eigenvalue weighted by molar-refractivity contribution is -0.386. The van der Waals surface area contributed by atoms with E-state index >= 15 is 0 Å². The van der Waals surface area contributed by atoms with E-state index in [-0.39, 0.29) is 11.6 Å². The molecule has 4 aromatic rings. The normalized spacial score (nSPS) is 14.6. The molecule has 0 spiro atoms. The number of benzene rings is 2. The zero-order valence-corrected chi connectivity index (χ0v) is 19.3. The number of para-hydroxylation sites is 1. The Bertz CT molecular complexity index is 1360. The van der Waals surface area contributed by atoms with Gasteiger partial charge >= 0.3 is 5.69 Å². The number of fused-ring (bicyclic) bond motifs is 1. The van der Waals surface area contributed by atoms with Crippen molar-refractivity contribution in [3.8, 4) is 0 Å². The molecule has 8 nitrogen and oxygen atoms in total. The van der Waals surface area contributed by atoms with Crippen LogP contribution in [0.25, 0.3) is 10.9 Å². The van der Waals surface area contributed by atoms with Gasteiger partial charge in [0, 0.05) is 35.8 Å². The Morgan fingerprint density at radius 2 is 1.82 bits per heavy atom. The van der Waals surface area contributed by atoms with E-state index in [4.69, 9.17) is 0 Å². The number of aryl methyl sites for hydroxylation is 1. The van der Waals surface area contributed by atoms with Gasteiger partial charge in [-0.3, -0.25) is 19.6 Å². The molecule has 0 atom stereocenters. The van der Waals surface area contributed by atoms with Crippen LogP contribution in [0.4, 0.5) is 5.69 Å². The van der Waals surface area contributed by atoms with Crippen LogP contribution < -0.4 is 0 Å². The molecule has 1 fully saturated rings. The fourth-order valence-corrected chi connectivity index (χ4v) is 5.04. The maximum Gasteiger partial charge on any atom is 0.312 e. The summed E-state index contributed by atoms with van der Waals surface area (Å²) >= 11 is 0. The summed E-state index contributed by atoms with van der Waals surface area (Å²) in [5, 5.41) is 16.8. The van der Waals surface area contributed by atoms with E-state index < -0.39 is 4.92 Å². The maximum absolute atomic E-state index is 13.1. The summed E-state index contributed by atoms with van der Waals surface area (Å²) < 4.78 is 1.64. The highest BCUT2D eigenvalue weighted by atomic mass is 16.6. The van der Waals surface area contributed by atoms with Crippen molar-refractivity contribution in [2.75, 3.05) is 13.1 Å². The van der Waals surface area contributed by atoms with E-state index in [9.17, 15) is 14.9 Å². The Morgan fingerprint density at radius 1 is 1.12 bits per heavy atom. The lowest BCUT2D eigenvalue weighted by Crippen LogP contribution is -2.37. The number of rotatable bonds is 5. The highest BCUT2D eigenvalue weighted by Crippen LogP contribution is 2.33. The molecule has 2 aromatic heterocycles. The predicted octanol–water partition coefficient (Wildman–Crippen LogP) is 4.96. The molecule has 1 saturated heterocycles. The molecule has 1 amide bonds. The first-order valence-corrected chi connectivity index (χ1v) is 11.5. The van der Waals surface area contributed by atoms with Crippen molar-refractivity contribution in [3.63, 3.8) is 0 Å². The Hall–Kier alpha value is -3.94. The number of hydrogen-bond donors (Lipinski definition) is 1. The van der Waals surface area contributed by atoms with Crippen LogP contribution in [-0.2, 0) is 6.54 Å². The van der Waals surface area contributed by atoms with Crippen molar-refractivity contribution in [2.45, 2.75) is 39.2 Å². The van der Waals surface area contributed by atoms with Crippen LogP contribution in [0, 0.1) is 24.0 Å². The first-order chi connectivity index (χ1) is 16.4. The highest BCUT2D eigenvalue weighted by Gasteiger charge is 2.26. The molecule has 34 heavy (non-hydrogen) atoms. The number of amides is 1. The molecule has 0 aliphatic carbocycles. The number of H-pyrrole nitrogens is 1. The van der Waals surface area contributed by atoms with E-state index in [2.05, 4.69) is 34.5 Å². The van der Waals surface area contributed by atoms with E-state index in [1.165, 1.54) is 10.9 Å². The number of nitro groups is 1. The second-order valence-electron chi connectivity index (χ2n) is 8.99. The van der Waals surface area contributed by atoms with E-state index in [0.717, 1.165) is 37.0 Å². The quantitative estimate of drug-likeness (QED) is 0.338. The molecule has 1 N–H and O–H groups in total. The van der Waals surface area contributed by atoms with Gasteiger partial charge in [-0.25, -0.2) is 0 Å². The Kier molecular flexibility index (Phi) is 5.65. The average Bonchev–Trinajstić information content (AvgIpc) is 3.39. The Labute approximate surface area is 197 Å². The van der Waals surface area contributed by atoms with Gasteiger partial charge in [0.2, 0.25) is 0 Å². The average molecular weight is 458 g/mol. The van der Waals surface area contributed by atoms with Gasteiger partial charge in [-0.05, 0) is 61.9 Å². The first kappa shape index (κ1) is 21.9. The third kappa shape index (κ3) is 3.96. The molecule has 5 rings (SSSR count). The van der Waals surface area contributed by atoms with Gasteiger partial charge in [-0.1, -0.05) is 30.3 Å². The standard InChI is InChI=1S/C26H27N5O3/c1-17-25(31(33)34)18(2)30(28-17)16-19-7-9-21(10-8-19)26(32)29-13-11-20(12-14-29)23-15-27-24-6-4-3-5-22(23)24/h3-10,15,20,27H,11-14,16H2,1-2H3. The summed E-state index contributed by atoms with van der Waals surface area (Å²) in [4.78, 5) is 29.2. The maximum atomic E-state index is 13.1. The number of likely N-dealkylation sites (tertiary alicyclic amines) is 1. The highest BCUT2D eigenvalue weighted by molar-refractivity contribution is 5.94. The molecule has 8 heteroatoms. The van der Waals surface area contributed by atoms with Gasteiger partial charge in [-0.15, -0.1) is 0 Å². The number of nitrogens with one attached hydrogen (secondary N) is 1. The zero-order chi connectivity index (χ0) is 23.8. The largest absolute Gasteiger partial charge is 0.361 e. The number of piperidine rings is 1. The van der Waals surface area contributed by atoms with E-state index in [1.807, 2.05) is 35.2 Å². The lowest BCUT2D eigenvalue weighted by Gasteiger charge is -2.32. The summed E-state index contributed by atoms with van der Waals surface area (Å²) in [5.41, 5.74) is 5.10. The minimum atomic E-state index is -0.391. The van der Waals surface area contributed by atoms with Crippen LogP contribution in [0.5, 0.6) is 0 Å². The van der Waals surface area contributed by atoms with Crippen molar-refractivity contribution in [2.24, 2.45) is 0 Å². The number of aromatic amines is 1. The number of aromatic nitrogens is 3. The second-order valence-corrected chi connectivity index (χ2v) is 8.99. The van der Waals surface area contributed by atoms with Crippen LogP contribution in [-0.4, -0.2) is 43.6 Å². The third-order valence-corrected chi connectivity index (χ3v) is 6.90. The predicted molar refractivity (Wildman–Crippen MR) is 130 cm³/mol. The lowest BCUT2D eigenvalue weighted by atomic mass is 9.89. The van der Waals surface area contributed by atoms with Gasteiger partial charge in [0.25, 0.3) is 5.91 Å². The van der Waals surface area contributed by atoms with Crippen molar-refractivity contribution < 1.29 is 9.72 Å². The van der Waals surface area contributed by atoms with Crippen molar-refractivity contribution >= 4 is 22.5 Å². The number of carbonyl (C=O) groups is 1. The van der Waals surface area contributed by atoms with Crippen LogP contribution >= 0.6 is 0 Å². The molecule has 1 aliphatic rings. The van der Waals surface area contributed by atoms with Crippen molar-refractivity contribution in [3.05, 3.63) is 92.9 Å². The number of hydrogen-bond acceptors (Lipinski definition) is 4. The summed E-state index contributed by atoms with van der Waals surface area (Å²) in [6.45, 7) is 5.24. The fraction of sp³-hybridized carbons (Fsp3) is 0.308. The van der Waals surface area contributed by atoms with Gasteiger partial charge in [0.15, 0.2) is 0 Å². The third-order valence-electron chi connectivity index (χ3n) is 6.90. The molecule has 2 aromatic carbocycles. The summed E-state index contributed by atoms with van der Waals surface area (Å²) in [5.74, 6) is 0.498. The van der Waals surface area contributed by atoms with Gasteiger partial charge < -0.3 is 9.88 Å². The number of carbonyl (C=O) groups excluding carboxylic acids is 1. The topological polar surface area (TPSA) is 97.1 Å². The molecular formula is C26H27N5O3. The van der Waals surface area contributed by atoms with Crippen molar-refractivity contribution in [1.82, 2.24) is 19.7 Å². The SMILES string of the molecule is Cc1nn(Cc2ccc(C(=O)N3CCC(c4c[nH]c5ccccc45)CC3)cc2)c(C)c1[N+](=O)[O-]. The first-order valence-electron chi connectivity index (χ1n) is 11.5. The Morgan fingerprint density at radius 3 is 2.50 bits per heavy atom. The zero-order valence-electron chi connectivity index (χ0n) is 19.3. The minimum Gasteiger partial charge on any atom is -0.361 e. The van der Waals surface area contributed by atoms with Crippen LogP contribution in [0.3, 0.4) is 0 Å². The minimum absolute atomic E-state index is 0.0469. The molecular weight excluding hydrogens is 430 g/mol. The van der Waals surface area contributed by atoms with Crippen molar-refractivity contribution in [1.29, 1.82) is 0 Å². The molecule has 0 saturated carbocycles. The van der Waals surface area contributed by atoms with Gasteiger partial charge in [-0.2, -0.15) is 5.10 Å². The molecule has 174 valence electrons. The van der Waals surface area contributed by atoms with Crippen LogP contribution in [0.2, 0.25) is 0 Å². The second kappa shape index (κ2) is 8.78. The van der Waals surface area contributed by atoms with Gasteiger partial charge in [0.1, 0.15) is 11.4 Å². The summed E-state index contributed by atoms with van der Waals surface area (Å²) in [6.07, 6.45) is 4.01. The molecule has 3 heterocycles. The molecule has 0 unspecified atom stereocenters. The summed E-state index contributed by atoms with van der Waals surface area (Å²) in [7, 11) is 0. The van der Waals surface area contributed by atoms with Crippen LogP contribution in [0.1, 0.15) is 51.6 Å². The fourth-order valence-electron chi connectivity index (χ4n) is 5.04. The number of nitrogens with zero attached hydrogens (tertiary/aromatic N) is 4. The molecule has 0 bridgehead atoms. The Balaban J connectivity index is 1.23.